The number of carbonyl (C=O) groups is 1. The SMILES string of the molecule is O=C/C=C(\Cl)C1CC1. The highest BCUT2D eigenvalue weighted by Crippen LogP contribution is 2.37. The molecule has 1 aliphatic carbocycles. The van der Waals surface area contributed by atoms with Crippen molar-refractivity contribution in [2.45, 2.75) is 12.8 Å². The first kappa shape index (κ1) is 5.83. The standard InChI is InChI=1S/C6H7ClO/c7-6(3-4-8)5-1-2-5/h3-5H,1-2H2/b6-3-. The fraction of sp³-hybridized carbons (Fsp3) is 0.500. The summed E-state index contributed by atoms with van der Waals surface area (Å²) in [6, 6.07) is 0. The minimum absolute atomic E-state index is 0.516. The Balaban J connectivity index is 2.41. The molecule has 0 amide bonds. The lowest BCUT2D eigenvalue weighted by molar-refractivity contribution is -0.104. The van der Waals surface area contributed by atoms with E-state index >= 15 is 0 Å². The van der Waals surface area contributed by atoms with Gasteiger partial charge >= 0.3 is 0 Å². The second-order valence-corrected chi connectivity index (χ2v) is 2.40. The third-order valence-corrected chi connectivity index (χ3v) is 1.63. The van der Waals surface area contributed by atoms with E-state index in [2.05, 4.69) is 0 Å². The molecule has 0 unspecified atom stereocenters. The van der Waals surface area contributed by atoms with Gasteiger partial charge in [0.1, 0.15) is 6.29 Å². The topological polar surface area (TPSA) is 17.1 Å². The van der Waals surface area contributed by atoms with Gasteiger partial charge in [-0.05, 0) is 24.8 Å². The molecule has 1 fully saturated rings. The van der Waals surface area contributed by atoms with Crippen LogP contribution in [0.2, 0.25) is 0 Å². The minimum atomic E-state index is 0.516. The lowest BCUT2D eigenvalue weighted by atomic mass is 10.4. The summed E-state index contributed by atoms with van der Waals surface area (Å²) >= 11 is 5.61. The molecule has 0 aromatic rings. The number of aldehydes is 1. The molecule has 0 atom stereocenters. The third-order valence-electron chi connectivity index (χ3n) is 1.19. The van der Waals surface area contributed by atoms with Crippen molar-refractivity contribution in [3.05, 3.63) is 11.1 Å². The largest absolute Gasteiger partial charge is 0.299 e. The highest BCUT2D eigenvalue weighted by molar-refractivity contribution is 6.30. The summed E-state index contributed by atoms with van der Waals surface area (Å²) in [5.74, 6) is 0.516. The number of allylic oxidation sites excluding steroid dienone is 2. The van der Waals surface area contributed by atoms with Gasteiger partial charge in [0, 0.05) is 5.03 Å². The fourth-order valence-electron chi connectivity index (χ4n) is 0.560. The Labute approximate surface area is 53.3 Å². The maximum atomic E-state index is 9.79. The van der Waals surface area contributed by atoms with E-state index in [1.807, 2.05) is 0 Å². The van der Waals surface area contributed by atoms with Crippen molar-refractivity contribution in [2.75, 3.05) is 0 Å². The predicted molar refractivity (Wildman–Crippen MR) is 32.7 cm³/mol. The fourth-order valence-corrected chi connectivity index (χ4v) is 0.830. The predicted octanol–water partition coefficient (Wildman–Crippen LogP) is 1.72. The Morgan fingerprint density at radius 3 is 2.62 bits per heavy atom. The summed E-state index contributed by atoms with van der Waals surface area (Å²) < 4.78 is 0. The zero-order valence-corrected chi connectivity index (χ0v) is 5.19. The van der Waals surface area contributed by atoms with Crippen LogP contribution in [-0.4, -0.2) is 6.29 Å². The van der Waals surface area contributed by atoms with E-state index in [0.717, 1.165) is 24.2 Å². The molecule has 0 aromatic carbocycles. The van der Waals surface area contributed by atoms with Crippen LogP contribution in [0.25, 0.3) is 0 Å². The van der Waals surface area contributed by atoms with Crippen LogP contribution in [0.5, 0.6) is 0 Å². The van der Waals surface area contributed by atoms with Gasteiger partial charge in [0.15, 0.2) is 0 Å². The van der Waals surface area contributed by atoms with Gasteiger partial charge < -0.3 is 0 Å². The number of rotatable bonds is 2. The van der Waals surface area contributed by atoms with Crippen molar-refractivity contribution < 1.29 is 4.79 Å². The van der Waals surface area contributed by atoms with Crippen LogP contribution in [0.4, 0.5) is 0 Å². The third kappa shape index (κ3) is 1.34. The van der Waals surface area contributed by atoms with Crippen LogP contribution in [-0.2, 0) is 4.79 Å². The maximum Gasteiger partial charge on any atom is 0.144 e. The maximum absolute atomic E-state index is 9.79. The van der Waals surface area contributed by atoms with Gasteiger partial charge in [0.25, 0.3) is 0 Å². The first-order valence-electron chi connectivity index (χ1n) is 2.65. The Morgan fingerprint density at radius 2 is 2.25 bits per heavy atom. The average Bonchev–Trinajstić information content (AvgIpc) is 2.45. The summed E-state index contributed by atoms with van der Waals surface area (Å²) in [6.45, 7) is 0. The minimum Gasteiger partial charge on any atom is -0.299 e. The molecule has 0 bridgehead atoms. The van der Waals surface area contributed by atoms with Crippen molar-refractivity contribution in [1.82, 2.24) is 0 Å². The Morgan fingerprint density at radius 1 is 1.62 bits per heavy atom. The van der Waals surface area contributed by atoms with E-state index in [-0.39, 0.29) is 0 Å². The lowest BCUT2D eigenvalue weighted by Crippen LogP contribution is -1.73. The zero-order valence-electron chi connectivity index (χ0n) is 4.43. The summed E-state index contributed by atoms with van der Waals surface area (Å²) in [4.78, 5) is 9.79. The molecule has 8 heavy (non-hydrogen) atoms. The number of carbonyl (C=O) groups excluding carboxylic acids is 1. The quantitative estimate of drug-likeness (QED) is 0.411. The van der Waals surface area contributed by atoms with E-state index in [1.54, 1.807) is 0 Å². The highest BCUT2D eigenvalue weighted by Gasteiger charge is 2.24. The lowest BCUT2D eigenvalue weighted by Gasteiger charge is -1.84. The van der Waals surface area contributed by atoms with Gasteiger partial charge in [-0.1, -0.05) is 11.6 Å². The van der Waals surface area contributed by atoms with Gasteiger partial charge in [-0.2, -0.15) is 0 Å². The van der Waals surface area contributed by atoms with E-state index in [9.17, 15) is 4.79 Å². The summed E-state index contributed by atoms with van der Waals surface area (Å²) in [6.07, 6.45) is 4.48. The van der Waals surface area contributed by atoms with E-state index < -0.39 is 0 Å². The normalized spacial score (nSPS) is 20.9. The Hall–Kier alpha value is -0.300. The van der Waals surface area contributed by atoms with Crippen molar-refractivity contribution in [3.8, 4) is 0 Å². The monoisotopic (exact) mass is 130 g/mol. The van der Waals surface area contributed by atoms with Crippen LogP contribution in [0, 0.1) is 5.92 Å². The van der Waals surface area contributed by atoms with Crippen LogP contribution in [0.15, 0.2) is 11.1 Å². The first-order chi connectivity index (χ1) is 3.84. The summed E-state index contributed by atoms with van der Waals surface area (Å²) in [5.41, 5.74) is 0. The molecule has 1 rings (SSSR count). The molecule has 44 valence electrons. The Bertz CT molecular complexity index is 124. The molecule has 0 aliphatic heterocycles. The number of hydrogen-bond donors (Lipinski definition) is 0. The van der Waals surface area contributed by atoms with Crippen molar-refractivity contribution in [1.29, 1.82) is 0 Å². The van der Waals surface area contributed by atoms with Crippen molar-refractivity contribution >= 4 is 17.9 Å². The molecule has 0 radical (unpaired) electrons. The second kappa shape index (κ2) is 2.31. The Kier molecular flexibility index (Phi) is 1.69. The van der Waals surface area contributed by atoms with Gasteiger partial charge in [0.2, 0.25) is 0 Å². The molecule has 0 N–H and O–H groups in total. The molecule has 0 aromatic heterocycles. The van der Waals surface area contributed by atoms with Gasteiger partial charge in [-0.3, -0.25) is 4.79 Å². The van der Waals surface area contributed by atoms with Crippen LogP contribution in [0.1, 0.15) is 12.8 Å². The average molecular weight is 131 g/mol. The van der Waals surface area contributed by atoms with Crippen molar-refractivity contribution in [2.24, 2.45) is 5.92 Å². The molecule has 1 nitrogen and oxygen atoms in total. The van der Waals surface area contributed by atoms with E-state index in [1.165, 1.54) is 6.08 Å². The molecule has 1 saturated carbocycles. The highest BCUT2D eigenvalue weighted by atomic mass is 35.5. The van der Waals surface area contributed by atoms with Crippen LogP contribution in [0.3, 0.4) is 0 Å². The molecular weight excluding hydrogens is 124 g/mol. The smallest absolute Gasteiger partial charge is 0.144 e. The molecule has 0 heterocycles. The van der Waals surface area contributed by atoms with Gasteiger partial charge in [-0.25, -0.2) is 0 Å². The first-order valence-corrected chi connectivity index (χ1v) is 3.03. The van der Waals surface area contributed by atoms with Crippen LogP contribution >= 0.6 is 11.6 Å². The molecule has 1 aliphatic rings. The van der Waals surface area contributed by atoms with Gasteiger partial charge in [-0.15, -0.1) is 0 Å². The van der Waals surface area contributed by atoms with Crippen LogP contribution < -0.4 is 0 Å². The zero-order chi connectivity index (χ0) is 5.98. The molecule has 0 spiro atoms. The van der Waals surface area contributed by atoms with Gasteiger partial charge in [0.05, 0.1) is 0 Å². The van der Waals surface area contributed by atoms with Crippen molar-refractivity contribution in [3.63, 3.8) is 0 Å². The van der Waals surface area contributed by atoms with E-state index in [4.69, 9.17) is 11.6 Å². The number of hydrogen-bond acceptors (Lipinski definition) is 1. The van der Waals surface area contributed by atoms with E-state index in [0.29, 0.717) is 5.92 Å². The molecule has 0 saturated heterocycles. The summed E-state index contributed by atoms with van der Waals surface area (Å²) in [5, 5.41) is 0.722. The molecule has 2 heteroatoms. The molecular formula is C6H7ClO. The second-order valence-electron chi connectivity index (χ2n) is 1.96. The summed E-state index contributed by atoms with van der Waals surface area (Å²) in [7, 11) is 0. The number of halogens is 1.